The van der Waals surface area contributed by atoms with Gasteiger partial charge < -0.3 is 9.73 Å². The summed E-state index contributed by atoms with van der Waals surface area (Å²) in [6, 6.07) is 13.8. The van der Waals surface area contributed by atoms with E-state index in [1.165, 1.54) is 5.56 Å². The molecule has 0 fully saturated rings. The van der Waals surface area contributed by atoms with Crippen molar-refractivity contribution in [2.75, 3.05) is 0 Å². The van der Waals surface area contributed by atoms with Gasteiger partial charge in [-0.2, -0.15) is 0 Å². The van der Waals surface area contributed by atoms with Crippen LogP contribution < -0.4 is 10.6 Å². The molecule has 1 aromatic carbocycles. The highest BCUT2D eigenvalue weighted by atomic mass is 16.3. The number of carbonyl (C=O) groups is 1. The molecule has 4 heteroatoms. The van der Waals surface area contributed by atoms with Crippen LogP contribution in [0.3, 0.4) is 0 Å². The normalized spacial score (nSPS) is 13.6. The minimum atomic E-state index is -0.259. The lowest BCUT2D eigenvalue weighted by atomic mass is 10.0. The molecule has 0 saturated carbocycles. The molecule has 2 atom stereocenters. The molecule has 112 valence electrons. The molecule has 4 nitrogen and oxygen atoms in total. The minimum absolute atomic E-state index is 0.0271. The maximum absolute atomic E-state index is 12.1. The van der Waals surface area contributed by atoms with Crippen LogP contribution in [0.15, 0.2) is 53.1 Å². The number of rotatable bonds is 7. The Morgan fingerprint density at radius 2 is 1.95 bits per heavy atom. The Balaban J connectivity index is 1.87. The zero-order valence-electron chi connectivity index (χ0n) is 12.5. The average Bonchev–Trinajstić information content (AvgIpc) is 3.04. The molecule has 2 N–H and O–H groups in total. The van der Waals surface area contributed by atoms with E-state index >= 15 is 0 Å². The second-order valence-electron chi connectivity index (χ2n) is 5.06. The second-order valence-corrected chi connectivity index (χ2v) is 5.06. The first-order valence-corrected chi connectivity index (χ1v) is 7.31. The van der Waals surface area contributed by atoms with E-state index in [0.717, 1.165) is 12.2 Å². The molecule has 0 saturated heterocycles. The molecule has 0 aliphatic heterocycles. The molecule has 0 radical (unpaired) electrons. The Kier molecular flexibility index (Phi) is 5.58. The van der Waals surface area contributed by atoms with Gasteiger partial charge in [0.1, 0.15) is 5.76 Å². The quantitative estimate of drug-likeness (QED) is 0.822. The number of hydrogen-bond donors (Lipinski definition) is 2. The molecule has 1 amide bonds. The van der Waals surface area contributed by atoms with E-state index in [9.17, 15) is 4.79 Å². The summed E-state index contributed by atoms with van der Waals surface area (Å²) in [4.78, 5) is 12.1. The van der Waals surface area contributed by atoms with E-state index in [-0.39, 0.29) is 18.0 Å². The fraction of sp³-hybridized carbons (Fsp3) is 0.353. The lowest BCUT2D eigenvalue weighted by Crippen LogP contribution is -2.43. The predicted octanol–water partition coefficient (Wildman–Crippen LogP) is 3.03. The summed E-state index contributed by atoms with van der Waals surface area (Å²) < 4.78 is 5.20. The van der Waals surface area contributed by atoms with Gasteiger partial charge in [-0.05, 0) is 31.0 Å². The van der Waals surface area contributed by atoms with Crippen molar-refractivity contribution in [3.8, 4) is 0 Å². The Morgan fingerprint density at radius 1 is 1.19 bits per heavy atom. The Bertz CT molecular complexity index is 537. The molecule has 21 heavy (non-hydrogen) atoms. The third kappa shape index (κ3) is 4.46. The van der Waals surface area contributed by atoms with Gasteiger partial charge in [-0.25, -0.2) is 0 Å². The van der Waals surface area contributed by atoms with Gasteiger partial charge in [0.05, 0.1) is 18.8 Å². The standard InChI is InChI=1S/C17H22N2O2/c1-3-16(14-8-5-4-6-9-14)19-13(2)17(20)18-12-15-10-7-11-21-15/h4-11,13,16,19H,3,12H2,1-2H3,(H,18,20). The van der Waals surface area contributed by atoms with Crippen LogP contribution >= 0.6 is 0 Å². The van der Waals surface area contributed by atoms with Gasteiger partial charge in [-0.15, -0.1) is 0 Å². The molecule has 2 aromatic rings. The van der Waals surface area contributed by atoms with Gasteiger partial charge in [0, 0.05) is 6.04 Å². The molecule has 0 aliphatic rings. The minimum Gasteiger partial charge on any atom is -0.467 e. The number of hydrogen-bond acceptors (Lipinski definition) is 3. The first-order valence-electron chi connectivity index (χ1n) is 7.31. The van der Waals surface area contributed by atoms with E-state index in [4.69, 9.17) is 4.42 Å². The monoisotopic (exact) mass is 286 g/mol. The molecule has 2 unspecified atom stereocenters. The maximum Gasteiger partial charge on any atom is 0.237 e. The molecule has 0 aliphatic carbocycles. The van der Waals surface area contributed by atoms with Crippen LogP contribution in [-0.4, -0.2) is 11.9 Å². The van der Waals surface area contributed by atoms with Crippen molar-refractivity contribution in [1.29, 1.82) is 0 Å². The summed E-state index contributed by atoms with van der Waals surface area (Å²) in [5.41, 5.74) is 1.20. The zero-order chi connectivity index (χ0) is 15.1. The van der Waals surface area contributed by atoms with Crippen LogP contribution in [0.1, 0.15) is 37.6 Å². The number of nitrogens with one attached hydrogen (secondary N) is 2. The molecular formula is C17H22N2O2. The number of amides is 1. The van der Waals surface area contributed by atoms with E-state index in [2.05, 4.69) is 29.7 Å². The van der Waals surface area contributed by atoms with Gasteiger partial charge in [0.25, 0.3) is 0 Å². The van der Waals surface area contributed by atoms with Crippen molar-refractivity contribution >= 4 is 5.91 Å². The second kappa shape index (κ2) is 7.64. The molecular weight excluding hydrogens is 264 g/mol. The molecule has 2 rings (SSSR count). The summed E-state index contributed by atoms with van der Waals surface area (Å²) in [7, 11) is 0. The first kappa shape index (κ1) is 15.3. The van der Waals surface area contributed by atoms with Gasteiger partial charge in [0.15, 0.2) is 0 Å². The Labute approximate surface area is 125 Å². The van der Waals surface area contributed by atoms with Crippen molar-refractivity contribution in [3.63, 3.8) is 0 Å². The van der Waals surface area contributed by atoms with Gasteiger partial charge in [-0.3, -0.25) is 10.1 Å². The summed E-state index contributed by atoms with van der Waals surface area (Å²) in [5, 5.41) is 6.24. The topological polar surface area (TPSA) is 54.3 Å². The molecule has 1 heterocycles. The largest absolute Gasteiger partial charge is 0.467 e. The fourth-order valence-electron chi connectivity index (χ4n) is 2.25. The molecule has 1 aromatic heterocycles. The smallest absolute Gasteiger partial charge is 0.237 e. The van der Waals surface area contributed by atoms with E-state index in [1.807, 2.05) is 37.3 Å². The van der Waals surface area contributed by atoms with Crippen molar-refractivity contribution < 1.29 is 9.21 Å². The van der Waals surface area contributed by atoms with Gasteiger partial charge in [-0.1, -0.05) is 37.3 Å². The average molecular weight is 286 g/mol. The SMILES string of the molecule is CCC(NC(C)C(=O)NCc1ccco1)c1ccccc1. The maximum atomic E-state index is 12.1. The van der Waals surface area contributed by atoms with E-state index < -0.39 is 0 Å². The summed E-state index contributed by atoms with van der Waals surface area (Å²) in [6.45, 7) is 4.40. The third-order valence-electron chi connectivity index (χ3n) is 3.47. The van der Waals surface area contributed by atoms with Crippen LogP contribution in [0, 0.1) is 0 Å². The van der Waals surface area contributed by atoms with Crippen molar-refractivity contribution in [1.82, 2.24) is 10.6 Å². The van der Waals surface area contributed by atoms with E-state index in [0.29, 0.717) is 6.54 Å². The third-order valence-corrected chi connectivity index (χ3v) is 3.47. The van der Waals surface area contributed by atoms with Crippen molar-refractivity contribution in [3.05, 3.63) is 60.1 Å². The highest BCUT2D eigenvalue weighted by Gasteiger charge is 2.17. The van der Waals surface area contributed by atoms with E-state index in [1.54, 1.807) is 6.26 Å². The lowest BCUT2D eigenvalue weighted by Gasteiger charge is -2.22. The summed E-state index contributed by atoms with van der Waals surface area (Å²) in [5.74, 6) is 0.728. The highest BCUT2D eigenvalue weighted by Crippen LogP contribution is 2.16. The fourth-order valence-corrected chi connectivity index (χ4v) is 2.25. The predicted molar refractivity (Wildman–Crippen MR) is 82.6 cm³/mol. The van der Waals surface area contributed by atoms with Crippen molar-refractivity contribution in [2.45, 2.75) is 38.9 Å². The van der Waals surface area contributed by atoms with Crippen LogP contribution in [0.25, 0.3) is 0 Å². The van der Waals surface area contributed by atoms with Crippen LogP contribution in [0.2, 0.25) is 0 Å². The zero-order valence-corrected chi connectivity index (χ0v) is 12.5. The summed E-state index contributed by atoms with van der Waals surface area (Å²) >= 11 is 0. The summed E-state index contributed by atoms with van der Waals surface area (Å²) in [6.07, 6.45) is 2.53. The first-order chi connectivity index (χ1) is 10.2. The van der Waals surface area contributed by atoms with Crippen LogP contribution in [0.5, 0.6) is 0 Å². The molecule has 0 spiro atoms. The lowest BCUT2D eigenvalue weighted by molar-refractivity contribution is -0.123. The van der Waals surface area contributed by atoms with Gasteiger partial charge in [0.2, 0.25) is 5.91 Å². The highest BCUT2D eigenvalue weighted by molar-refractivity contribution is 5.81. The number of carbonyl (C=O) groups excluding carboxylic acids is 1. The van der Waals surface area contributed by atoms with Gasteiger partial charge >= 0.3 is 0 Å². The number of furan rings is 1. The Morgan fingerprint density at radius 3 is 2.57 bits per heavy atom. The Hall–Kier alpha value is -2.07. The number of benzene rings is 1. The van der Waals surface area contributed by atoms with Crippen LogP contribution in [0.4, 0.5) is 0 Å². The van der Waals surface area contributed by atoms with Crippen molar-refractivity contribution in [2.24, 2.45) is 0 Å². The van der Waals surface area contributed by atoms with Crippen LogP contribution in [-0.2, 0) is 11.3 Å². The molecule has 0 bridgehead atoms.